The van der Waals surface area contributed by atoms with Gasteiger partial charge in [0.25, 0.3) is 11.8 Å². The Morgan fingerprint density at radius 2 is 1.70 bits per heavy atom. The van der Waals surface area contributed by atoms with E-state index in [1.165, 1.54) is 23.6 Å². The van der Waals surface area contributed by atoms with Crippen LogP contribution in [-0.4, -0.2) is 117 Å². The Labute approximate surface area is 357 Å². The van der Waals surface area contributed by atoms with Crippen molar-refractivity contribution >= 4 is 91.4 Å². The van der Waals surface area contributed by atoms with Gasteiger partial charge in [-0.25, -0.2) is 13.4 Å². The molecule has 0 radical (unpaired) electrons. The number of nitrogens with zero attached hydrogens (tertiary/aromatic N) is 6. The molecule has 1 unspecified atom stereocenters. The zero-order chi connectivity index (χ0) is 43.4. The van der Waals surface area contributed by atoms with E-state index in [2.05, 4.69) is 41.0 Å². The van der Waals surface area contributed by atoms with Gasteiger partial charge in [0.1, 0.15) is 16.8 Å². The molecular formula is C41H45ClN10O8S. The van der Waals surface area contributed by atoms with E-state index in [4.69, 9.17) is 16.3 Å². The summed E-state index contributed by atoms with van der Waals surface area (Å²) in [6.45, 7) is 4.01. The van der Waals surface area contributed by atoms with Crippen molar-refractivity contribution in [3.8, 4) is 5.75 Å². The maximum atomic E-state index is 13.4. The van der Waals surface area contributed by atoms with Gasteiger partial charge in [0.05, 0.1) is 53.4 Å². The third-order valence-corrected chi connectivity index (χ3v) is 12.2. The van der Waals surface area contributed by atoms with E-state index >= 15 is 0 Å². The second-order valence-electron chi connectivity index (χ2n) is 14.8. The van der Waals surface area contributed by atoms with E-state index < -0.39 is 39.7 Å². The molecule has 18 nitrogen and oxygen atoms in total. The number of para-hydroxylation sites is 2. The highest BCUT2D eigenvalue weighted by Crippen LogP contribution is 2.36. The molecule has 3 aliphatic rings. The number of methoxy groups -OCH3 is 1. The Morgan fingerprint density at radius 1 is 0.951 bits per heavy atom. The Hall–Kier alpha value is -6.31. The van der Waals surface area contributed by atoms with Crippen LogP contribution in [0.15, 0.2) is 66.9 Å². The summed E-state index contributed by atoms with van der Waals surface area (Å²) >= 11 is 6.44. The predicted molar refractivity (Wildman–Crippen MR) is 231 cm³/mol. The van der Waals surface area contributed by atoms with E-state index in [1.807, 2.05) is 18.2 Å². The fraction of sp³-hybridized carbons (Fsp3) is 0.341. The molecule has 3 aliphatic heterocycles. The summed E-state index contributed by atoms with van der Waals surface area (Å²) in [5.41, 5.74) is 2.89. The summed E-state index contributed by atoms with van der Waals surface area (Å²) in [7, 11) is -0.475. The second kappa shape index (κ2) is 18.1. The summed E-state index contributed by atoms with van der Waals surface area (Å²) in [5.74, 6) is -1.64. The molecule has 7 rings (SSSR count). The monoisotopic (exact) mass is 872 g/mol. The zero-order valence-corrected chi connectivity index (χ0v) is 35.3. The first kappa shape index (κ1) is 42.8. The molecule has 1 aromatic heterocycles. The Balaban J connectivity index is 0.883. The number of nitrogens with one attached hydrogen (secondary N) is 4. The summed E-state index contributed by atoms with van der Waals surface area (Å²) < 4.78 is 31.4. The van der Waals surface area contributed by atoms with Crippen LogP contribution < -0.4 is 35.2 Å². The molecule has 0 bridgehead atoms. The lowest BCUT2D eigenvalue weighted by molar-refractivity contribution is -0.136. The maximum absolute atomic E-state index is 13.4. The Morgan fingerprint density at radius 3 is 2.44 bits per heavy atom. The normalized spacial score (nSPS) is 16.9. The average molecular weight is 873 g/mol. The van der Waals surface area contributed by atoms with Gasteiger partial charge < -0.3 is 25.6 Å². The molecule has 2 saturated heterocycles. The molecule has 320 valence electrons. The molecular weight excluding hydrogens is 828 g/mol. The van der Waals surface area contributed by atoms with Gasteiger partial charge in [-0.2, -0.15) is 4.98 Å². The fourth-order valence-electron chi connectivity index (χ4n) is 7.46. The van der Waals surface area contributed by atoms with Crippen LogP contribution in [0.25, 0.3) is 0 Å². The van der Waals surface area contributed by atoms with E-state index in [9.17, 15) is 32.4 Å². The van der Waals surface area contributed by atoms with E-state index in [-0.39, 0.29) is 58.8 Å². The van der Waals surface area contributed by atoms with Crippen LogP contribution in [0.3, 0.4) is 0 Å². The van der Waals surface area contributed by atoms with Crippen molar-refractivity contribution in [3.63, 3.8) is 0 Å². The number of piperazine rings is 1. The number of amides is 5. The highest BCUT2D eigenvalue weighted by molar-refractivity contribution is 7.92. The lowest BCUT2D eigenvalue weighted by atomic mass is 10.0. The van der Waals surface area contributed by atoms with Crippen molar-refractivity contribution in [1.29, 1.82) is 0 Å². The third kappa shape index (κ3) is 9.53. The molecule has 5 amide bonds. The number of sulfonamides is 1. The second-order valence-corrected chi connectivity index (χ2v) is 17.2. The summed E-state index contributed by atoms with van der Waals surface area (Å²) in [5, 5.41) is 11.5. The average Bonchev–Trinajstić information content (AvgIpc) is 3.49. The number of aromatic nitrogens is 2. The third-order valence-electron chi connectivity index (χ3n) is 10.8. The first-order valence-electron chi connectivity index (χ1n) is 19.6. The van der Waals surface area contributed by atoms with Gasteiger partial charge >= 0.3 is 0 Å². The van der Waals surface area contributed by atoms with Gasteiger partial charge in [-0.05, 0) is 62.2 Å². The van der Waals surface area contributed by atoms with Gasteiger partial charge in [-0.1, -0.05) is 29.8 Å². The van der Waals surface area contributed by atoms with Crippen molar-refractivity contribution in [2.75, 3.05) is 78.3 Å². The lowest BCUT2D eigenvalue weighted by Crippen LogP contribution is -2.54. The molecule has 0 aliphatic carbocycles. The van der Waals surface area contributed by atoms with Crippen LogP contribution in [-0.2, 0) is 24.4 Å². The molecule has 20 heteroatoms. The number of fused-ring (bicyclic) bond motifs is 1. The van der Waals surface area contributed by atoms with Crippen LogP contribution in [0, 0.1) is 0 Å². The molecule has 4 aromatic rings. The zero-order valence-electron chi connectivity index (χ0n) is 33.7. The largest absolute Gasteiger partial charge is 0.494 e. The number of piperidine rings is 1. The molecule has 2 fully saturated rings. The quantitative estimate of drug-likeness (QED) is 0.0966. The van der Waals surface area contributed by atoms with E-state index in [0.29, 0.717) is 29.2 Å². The summed E-state index contributed by atoms with van der Waals surface area (Å²) in [6, 6.07) is 16.3. The van der Waals surface area contributed by atoms with Gasteiger partial charge in [-0.3, -0.25) is 43.4 Å². The number of halogens is 1. The number of imide groups is 2. The number of carbonyl (C=O) groups is 5. The van der Waals surface area contributed by atoms with E-state index in [1.54, 1.807) is 43.5 Å². The van der Waals surface area contributed by atoms with Crippen molar-refractivity contribution in [2.45, 2.75) is 38.1 Å². The number of unbranched alkanes of at least 4 members (excludes halogenated alkanes) is 1. The number of hydrogen-bond acceptors (Lipinski definition) is 14. The smallest absolute Gasteiger partial charge is 0.264 e. The Bertz CT molecular complexity index is 2500. The molecule has 3 aromatic carbocycles. The van der Waals surface area contributed by atoms with Crippen molar-refractivity contribution < 1.29 is 37.1 Å². The highest BCUT2D eigenvalue weighted by atomic mass is 35.5. The predicted octanol–water partition coefficient (Wildman–Crippen LogP) is 4.35. The molecule has 0 saturated carbocycles. The number of anilines is 7. The van der Waals surface area contributed by atoms with Crippen molar-refractivity contribution in [3.05, 3.63) is 83.0 Å². The SMILES string of the molecule is COc1cc(N2CCN(CCCCC(=O)Nc3cccc4c3C(=O)N(C3CCC(=O)NC3=O)C4=O)CC2)ccc1Nc1ncc(Cl)c(Nc2ccccc2N(C)S(C)(=O)=O)n1. The van der Waals surface area contributed by atoms with Gasteiger partial charge in [-0.15, -0.1) is 0 Å². The molecule has 0 spiro atoms. The van der Waals surface area contributed by atoms with Crippen LogP contribution in [0.5, 0.6) is 5.75 Å². The van der Waals surface area contributed by atoms with Gasteiger partial charge in [0.2, 0.25) is 33.7 Å². The first-order chi connectivity index (χ1) is 29.2. The van der Waals surface area contributed by atoms with E-state index in [0.717, 1.165) is 56.0 Å². The molecule has 4 heterocycles. The Kier molecular flexibility index (Phi) is 12.7. The topological polar surface area (TPSA) is 216 Å². The minimum Gasteiger partial charge on any atom is -0.494 e. The van der Waals surface area contributed by atoms with Crippen LogP contribution in [0.1, 0.15) is 52.8 Å². The molecule has 61 heavy (non-hydrogen) atoms. The number of rotatable bonds is 15. The maximum Gasteiger partial charge on any atom is 0.264 e. The molecule has 1 atom stereocenters. The van der Waals surface area contributed by atoms with Crippen molar-refractivity contribution in [1.82, 2.24) is 25.1 Å². The summed E-state index contributed by atoms with van der Waals surface area (Å²) in [4.78, 5) is 77.9. The highest BCUT2D eigenvalue weighted by Gasteiger charge is 2.45. The minimum absolute atomic E-state index is 0.0185. The fourth-order valence-corrected chi connectivity index (χ4v) is 8.11. The summed E-state index contributed by atoms with van der Waals surface area (Å²) in [6.07, 6.45) is 4.25. The lowest BCUT2D eigenvalue weighted by Gasteiger charge is -2.36. The minimum atomic E-state index is -3.52. The first-order valence-corrected chi connectivity index (χ1v) is 21.8. The van der Waals surface area contributed by atoms with Gasteiger partial charge in [0, 0.05) is 57.8 Å². The number of benzene rings is 3. The number of hydrogen-bond donors (Lipinski definition) is 4. The molecule has 4 N–H and O–H groups in total. The number of carbonyl (C=O) groups excluding carboxylic acids is 5. The van der Waals surface area contributed by atoms with Crippen molar-refractivity contribution in [2.24, 2.45) is 0 Å². The number of ether oxygens (including phenoxy) is 1. The standard InChI is InChI=1S/C41H45ClN10O8S/c1-49(61(3,58)59)31-12-5-4-10-28(31)45-37-27(42)24-43-41(48-37)46-29-15-14-25(23-33(29)60-2)51-21-19-50(20-22-51)18-7-6-13-34(53)44-30-11-8-9-26-36(30)40(57)52(39(26)56)32-16-17-35(54)47-38(32)55/h4-5,8-12,14-15,23-24,32H,6-7,13,16-22H2,1-3H3,(H,44,53)(H,47,54,55)(H2,43,45,46,48). The van der Waals surface area contributed by atoms with Crippen LogP contribution in [0.2, 0.25) is 5.02 Å². The van der Waals surface area contributed by atoms with Gasteiger partial charge in [0.15, 0.2) is 5.82 Å². The van der Waals surface area contributed by atoms with Crippen LogP contribution >= 0.6 is 11.6 Å². The van der Waals surface area contributed by atoms with Crippen LogP contribution in [0.4, 0.5) is 40.2 Å².